The van der Waals surface area contributed by atoms with Crippen LogP contribution in [-0.2, 0) is 6.42 Å². The van der Waals surface area contributed by atoms with Crippen molar-refractivity contribution in [1.82, 2.24) is 0 Å². The zero-order chi connectivity index (χ0) is 14.1. The normalized spacial score (nSPS) is 15.4. The third-order valence-electron chi connectivity index (χ3n) is 4.20. The van der Waals surface area contributed by atoms with Gasteiger partial charge in [-0.1, -0.05) is 13.0 Å². The molecule has 2 nitrogen and oxygen atoms in total. The Bertz CT molecular complexity index is 603. The fourth-order valence-electron chi connectivity index (χ4n) is 2.89. The maximum Gasteiger partial charge on any atom is 0.0397 e. The lowest BCUT2D eigenvalue weighted by Crippen LogP contribution is -2.12. The summed E-state index contributed by atoms with van der Waals surface area (Å²) in [7, 11) is 2.17. The molecular formula is C17H22N2S. The molecule has 20 heavy (non-hydrogen) atoms. The van der Waals surface area contributed by atoms with E-state index in [0.717, 1.165) is 19.5 Å². The standard InChI is InChI=1S/C17H22N2S/c1-12(7-9-18)16-5-6-17(20-16)14-3-4-15-13(11-14)8-10-19(15)2/h3-6,11-12H,7-10,18H2,1-2H3. The Morgan fingerprint density at radius 3 is 2.95 bits per heavy atom. The van der Waals surface area contributed by atoms with Crippen LogP contribution < -0.4 is 10.6 Å². The van der Waals surface area contributed by atoms with Gasteiger partial charge < -0.3 is 10.6 Å². The molecular weight excluding hydrogens is 264 g/mol. The number of anilines is 1. The van der Waals surface area contributed by atoms with Gasteiger partial charge in [-0.05, 0) is 60.7 Å². The molecule has 1 aliphatic heterocycles. The third-order valence-corrected chi connectivity index (χ3v) is 5.57. The molecule has 3 rings (SSSR count). The number of nitrogens with zero attached hydrogens (tertiary/aromatic N) is 1. The van der Waals surface area contributed by atoms with E-state index in [1.165, 1.54) is 33.0 Å². The maximum absolute atomic E-state index is 5.66. The van der Waals surface area contributed by atoms with Crippen molar-refractivity contribution >= 4 is 17.0 Å². The maximum atomic E-state index is 5.66. The van der Waals surface area contributed by atoms with Gasteiger partial charge in [0.15, 0.2) is 0 Å². The van der Waals surface area contributed by atoms with Crippen LogP contribution in [0.1, 0.15) is 29.7 Å². The second-order valence-electron chi connectivity index (χ2n) is 5.70. The van der Waals surface area contributed by atoms with Crippen molar-refractivity contribution in [2.75, 3.05) is 25.0 Å². The summed E-state index contributed by atoms with van der Waals surface area (Å²) >= 11 is 1.91. The van der Waals surface area contributed by atoms with E-state index in [0.29, 0.717) is 5.92 Å². The minimum atomic E-state index is 0.569. The Labute approximate surface area is 125 Å². The van der Waals surface area contributed by atoms with Crippen molar-refractivity contribution in [3.8, 4) is 10.4 Å². The first-order chi connectivity index (χ1) is 9.69. The Balaban J connectivity index is 1.87. The van der Waals surface area contributed by atoms with Crippen molar-refractivity contribution < 1.29 is 0 Å². The molecule has 1 unspecified atom stereocenters. The summed E-state index contributed by atoms with van der Waals surface area (Å²) in [6.07, 6.45) is 2.23. The van der Waals surface area contributed by atoms with E-state index in [2.05, 4.69) is 49.2 Å². The van der Waals surface area contributed by atoms with E-state index in [4.69, 9.17) is 5.73 Å². The first-order valence-corrected chi connectivity index (χ1v) is 8.15. The highest BCUT2D eigenvalue weighted by Crippen LogP contribution is 2.36. The zero-order valence-electron chi connectivity index (χ0n) is 12.2. The van der Waals surface area contributed by atoms with E-state index in [1.807, 2.05) is 11.3 Å². The summed E-state index contributed by atoms with van der Waals surface area (Å²) in [6, 6.07) is 11.4. The zero-order valence-corrected chi connectivity index (χ0v) is 13.0. The number of thiophene rings is 1. The highest BCUT2D eigenvalue weighted by molar-refractivity contribution is 7.15. The van der Waals surface area contributed by atoms with Gasteiger partial charge in [0.05, 0.1) is 0 Å². The molecule has 1 aromatic heterocycles. The third kappa shape index (κ3) is 2.48. The van der Waals surface area contributed by atoms with Gasteiger partial charge in [0.25, 0.3) is 0 Å². The van der Waals surface area contributed by atoms with Crippen LogP contribution in [0.2, 0.25) is 0 Å². The summed E-state index contributed by atoms with van der Waals surface area (Å²) < 4.78 is 0. The van der Waals surface area contributed by atoms with Gasteiger partial charge in [-0.25, -0.2) is 0 Å². The highest BCUT2D eigenvalue weighted by atomic mass is 32.1. The molecule has 2 heterocycles. The molecule has 1 aliphatic rings. The monoisotopic (exact) mass is 286 g/mol. The number of rotatable bonds is 4. The van der Waals surface area contributed by atoms with Crippen LogP contribution in [0.25, 0.3) is 10.4 Å². The molecule has 3 heteroatoms. The topological polar surface area (TPSA) is 29.3 Å². The van der Waals surface area contributed by atoms with Crippen LogP contribution in [-0.4, -0.2) is 20.1 Å². The summed E-state index contributed by atoms with van der Waals surface area (Å²) in [5, 5.41) is 0. The van der Waals surface area contributed by atoms with E-state index >= 15 is 0 Å². The largest absolute Gasteiger partial charge is 0.374 e. The average Bonchev–Trinajstić information content (AvgIpc) is 3.06. The lowest BCUT2D eigenvalue weighted by molar-refractivity contribution is 0.701. The van der Waals surface area contributed by atoms with Gasteiger partial charge in [0.2, 0.25) is 0 Å². The van der Waals surface area contributed by atoms with Crippen LogP contribution in [0.5, 0.6) is 0 Å². The summed E-state index contributed by atoms with van der Waals surface area (Å²) in [6.45, 7) is 4.17. The molecule has 0 fully saturated rings. The van der Waals surface area contributed by atoms with Crippen LogP contribution in [0.3, 0.4) is 0 Å². The van der Waals surface area contributed by atoms with E-state index in [9.17, 15) is 0 Å². The molecule has 0 aliphatic carbocycles. The molecule has 0 radical (unpaired) electrons. The molecule has 2 N–H and O–H groups in total. The molecule has 0 saturated carbocycles. The van der Waals surface area contributed by atoms with Crippen LogP contribution in [0, 0.1) is 0 Å². The molecule has 0 saturated heterocycles. The quantitative estimate of drug-likeness (QED) is 0.924. The number of nitrogens with two attached hydrogens (primary N) is 1. The number of hydrogen-bond donors (Lipinski definition) is 1. The molecule has 106 valence electrons. The Kier molecular flexibility index (Phi) is 3.81. The summed E-state index contributed by atoms with van der Waals surface area (Å²) in [4.78, 5) is 5.16. The van der Waals surface area contributed by atoms with Crippen molar-refractivity contribution in [3.63, 3.8) is 0 Å². The molecule has 0 bridgehead atoms. The number of fused-ring (bicyclic) bond motifs is 1. The number of likely N-dealkylation sites (N-methyl/N-ethyl adjacent to an activating group) is 1. The second kappa shape index (κ2) is 5.58. The van der Waals surface area contributed by atoms with Crippen molar-refractivity contribution in [2.45, 2.75) is 25.7 Å². The predicted octanol–water partition coefficient (Wildman–Crippen LogP) is 3.86. The van der Waals surface area contributed by atoms with Crippen molar-refractivity contribution in [1.29, 1.82) is 0 Å². The van der Waals surface area contributed by atoms with Gasteiger partial charge in [-0.2, -0.15) is 0 Å². The smallest absolute Gasteiger partial charge is 0.0397 e. The Hall–Kier alpha value is -1.32. The SMILES string of the molecule is CC(CCN)c1ccc(-c2ccc3c(c2)CCN3C)s1. The first-order valence-electron chi connectivity index (χ1n) is 7.33. The fraction of sp³-hybridized carbons (Fsp3) is 0.412. The lowest BCUT2D eigenvalue weighted by atomic mass is 10.1. The minimum absolute atomic E-state index is 0.569. The van der Waals surface area contributed by atoms with Gasteiger partial charge in [-0.15, -0.1) is 11.3 Å². The molecule has 2 aromatic rings. The predicted molar refractivity (Wildman–Crippen MR) is 88.8 cm³/mol. The van der Waals surface area contributed by atoms with Crippen molar-refractivity contribution in [2.24, 2.45) is 5.73 Å². The Morgan fingerprint density at radius 2 is 2.15 bits per heavy atom. The van der Waals surface area contributed by atoms with Crippen LogP contribution >= 0.6 is 11.3 Å². The van der Waals surface area contributed by atoms with Gasteiger partial charge in [0.1, 0.15) is 0 Å². The van der Waals surface area contributed by atoms with Crippen LogP contribution in [0.15, 0.2) is 30.3 Å². The minimum Gasteiger partial charge on any atom is -0.374 e. The Morgan fingerprint density at radius 1 is 1.30 bits per heavy atom. The molecule has 0 spiro atoms. The van der Waals surface area contributed by atoms with Gasteiger partial charge in [-0.3, -0.25) is 0 Å². The molecule has 1 atom stereocenters. The summed E-state index contributed by atoms with van der Waals surface area (Å²) in [5.41, 5.74) is 9.89. The summed E-state index contributed by atoms with van der Waals surface area (Å²) in [5.74, 6) is 0.569. The lowest BCUT2D eigenvalue weighted by Gasteiger charge is -2.11. The van der Waals surface area contributed by atoms with E-state index < -0.39 is 0 Å². The fourth-order valence-corrected chi connectivity index (χ4v) is 3.98. The second-order valence-corrected chi connectivity index (χ2v) is 6.81. The highest BCUT2D eigenvalue weighted by Gasteiger charge is 2.16. The van der Waals surface area contributed by atoms with Gasteiger partial charge >= 0.3 is 0 Å². The van der Waals surface area contributed by atoms with Crippen LogP contribution in [0.4, 0.5) is 5.69 Å². The number of benzene rings is 1. The van der Waals surface area contributed by atoms with E-state index in [-0.39, 0.29) is 0 Å². The van der Waals surface area contributed by atoms with Gasteiger partial charge in [0, 0.05) is 29.0 Å². The molecule has 1 aromatic carbocycles. The molecule has 0 amide bonds. The average molecular weight is 286 g/mol. The van der Waals surface area contributed by atoms with Crippen molar-refractivity contribution in [3.05, 3.63) is 40.8 Å². The number of hydrogen-bond acceptors (Lipinski definition) is 3. The van der Waals surface area contributed by atoms with E-state index in [1.54, 1.807) is 0 Å². The first kappa shape index (κ1) is 13.7.